The highest BCUT2D eigenvalue weighted by atomic mass is 16.4. The average Bonchev–Trinajstić information content (AvgIpc) is 2.86. The molecule has 6 nitrogen and oxygen atoms in total. The Kier molecular flexibility index (Phi) is 3.93. The third-order valence-corrected chi connectivity index (χ3v) is 3.03. The van der Waals surface area contributed by atoms with Crippen molar-refractivity contribution in [3.63, 3.8) is 0 Å². The maximum absolute atomic E-state index is 12.3. The van der Waals surface area contributed by atoms with Crippen molar-refractivity contribution in [3.05, 3.63) is 35.6 Å². The van der Waals surface area contributed by atoms with E-state index in [-0.39, 0.29) is 24.0 Å². The van der Waals surface area contributed by atoms with Gasteiger partial charge in [0.05, 0.1) is 6.54 Å². The highest BCUT2D eigenvalue weighted by Crippen LogP contribution is 2.21. The molecular formula is C14H17N3O3. The molecule has 106 valence electrons. The van der Waals surface area contributed by atoms with Gasteiger partial charge in [-0.3, -0.25) is 4.79 Å². The summed E-state index contributed by atoms with van der Waals surface area (Å²) in [5.41, 5.74) is 7.20. The van der Waals surface area contributed by atoms with Gasteiger partial charge in [-0.2, -0.15) is 0 Å². The van der Waals surface area contributed by atoms with Crippen molar-refractivity contribution in [3.8, 4) is 0 Å². The molecule has 6 heteroatoms. The van der Waals surface area contributed by atoms with Crippen LogP contribution < -0.4 is 5.73 Å². The number of nitrogens with two attached hydrogens (primary N) is 1. The van der Waals surface area contributed by atoms with E-state index >= 15 is 0 Å². The maximum Gasteiger partial charge on any atom is 0.290 e. The standard InChI is InChI=1S/C14H17N3O3/c1-3-17(8-13(15)16-19)14(18)12-7-10-6-9(2)4-5-11(10)20-12/h4-7,19H,3,8H2,1-2H3,(H2,15,16). The van der Waals surface area contributed by atoms with E-state index < -0.39 is 0 Å². The molecule has 2 aromatic rings. The van der Waals surface area contributed by atoms with Gasteiger partial charge in [-0.1, -0.05) is 16.8 Å². The fraction of sp³-hybridized carbons (Fsp3) is 0.286. The molecule has 0 atom stereocenters. The number of likely N-dealkylation sites (N-methyl/N-ethyl adjacent to an activating group) is 1. The van der Waals surface area contributed by atoms with Gasteiger partial charge in [0.1, 0.15) is 5.58 Å². The topological polar surface area (TPSA) is 92.1 Å². The van der Waals surface area contributed by atoms with Crippen LogP contribution in [0, 0.1) is 6.92 Å². The first kappa shape index (κ1) is 13.9. The minimum atomic E-state index is -0.284. The van der Waals surface area contributed by atoms with E-state index in [0.29, 0.717) is 12.1 Å². The van der Waals surface area contributed by atoms with Gasteiger partial charge in [0.15, 0.2) is 11.6 Å². The van der Waals surface area contributed by atoms with E-state index in [4.69, 9.17) is 15.4 Å². The third kappa shape index (κ3) is 2.74. The molecule has 1 amide bonds. The summed E-state index contributed by atoms with van der Waals surface area (Å²) >= 11 is 0. The summed E-state index contributed by atoms with van der Waals surface area (Å²) in [7, 11) is 0. The van der Waals surface area contributed by atoms with Crippen molar-refractivity contribution in [2.24, 2.45) is 10.9 Å². The number of hydrogen-bond donors (Lipinski definition) is 2. The van der Waals surface area contributed by atoms with Gasteiger partial charge in [-0.15, -0.1) is 0 Å². The second-order valence-corrected chi connectivity index (χ2v) is 4.56. The van der Waals surface area contributed by atoms with Crippen LogP contribution in [0.25, 0.3) is 11.0 Å². The van der Waals surface area contributed by atoms with Crippen LogP contribution in [-0.2, 0) is 0 Å². The van der Waals surface area contributed by atoms with Crippen molar-refractivity contribution in [2.75, 3.05) is 13.1 Å². The molecule has 1 heterocycles. The lowest BCUT2D eigenvalue weighted by Crippen LogP contribution is -2.38. The average molecular weight is 275 g/mol. The Bertz CT molecular complexity index is 661. The zero-order valence-electron chi connectivity index (χ0n) is 11.5. The van der Waals surface area contributed by atoms with Crippen LogP contribution in [0.4, 0.5) is 0 Å². The first-order chi connectivity index (χ1) is 9.55. The Morgan fingerprint density at radius 3 is 2.85 bits per heavy atom. The number of rotatable bonds is 4. The molecular weight excluding hydrogens is 258 g/mol. The van der Waals surface area contributed by atoms with Gasteiger partial charge in [-0.05, 0) is 32.0 Å². The summed E-state index contributed by atoms with van der Waals surface area (Å²) < 4.78 is 5.55. The number of amides is 1. The van der Waals surface area contributed by atoms with Gasteiger partial charge in [-0.25, -0.2) is 0 Å². The van der Waals surface area contributed by atoms with E-state index in [9.17, 15) is 4.79 Å². The molecule has 1 aromatic carbocycles. The summed E-state index contributed by atoms with van der Waals surface area (Å²) in [6, 6.07) is 7.42. The number of hydrogen-bond acceptors (Lipinski definition) is 4. The Morgan fingerprint density at radius 2 is 2.20 bits per heavy atom. The van der Waals surface area contributed by atoms with Crippen molar-refractivity contribution < 1.29 is 14.4 Å². The van der Waals surface area contributed by atoms with Gasteiger partial charge < -0.3 is 20.3 Å². The van der Waals surface area contributed by atoms with Crippen LogP contribution in [0.5, 0.6) is 0 Å². The first-order valence-electron chi connectivity index (χ1n) is 6.31. The smallest absolute Gasteiger partial charge is 0.290 e. The number of amidine groups is 1. The second-order valence-electron chi connectivity index (χ2n) is 4.56. The largest absolute Gasteiger partial charge is 0.451 e. The van der Waals surface area contributed by atoms with Crippen molar-refractivity contribution >= 4 is 22.7 Å². The quantitative estimate of drug-likeness (QED) is 0.386. The molecule has 0 saturated heterocycles. The minimum Gasteiger partial charge on any atom is -0.451 e. The molecule has 1 aromatic heterocycles. The molecule has 0 unspecified atom stereocenters. The summed E-state index contributed by atoms with van der Waals surface area (Å²) in [5.74, 6) is -0.0571. The zero-order chi connectivity index (χ0) is 14.7. The Balaban J connectivity index is 2.29. The van der Waals surface area contributed by atoms with Crippen LogP contribution in [0.1, 0.15) is 23.0 Å². The van der Waals surface area contributed by atoms with Crippen LogP contribution in [0.3, 0.4) is 0 Å². The van der Waals surface area contributed by atoms with Gasteiger partial charge in [0.2, 0.25) is 0 Å². The predicted molar refractivity (Wildman–Crippen MR) is 75.9 cm³/mol. The van der Waals surface area contributed by atoms with Crippen molar-refractivity contribution in [2.45, 2.75) is 13.8 Å². The number of aryl methyl sites for hydroxylation is 1. The highest BCUT2D eigenvalue weighted by Gasteiger charge is 2.19. The van der Waals surface area contributed by atoms with E-state index in [2.05, 4.69) is 5.16 Å². The van der Waals surface area contributed by atoms with Gasteiger partial charge in [0, 0.05) is 11.9 Å². The molecule has 0 fully saturated rings. The number of benzene rings is 1. The van der Waals surface area contributed by atoms with Crippen molar-refractivity contribution in [1.29, 1.82) is 0 Å². The summed E-state index contributed by atoms with van der Waals surface area (Å²) in [6.45, 7) is 4.28. The Hall–Kier alpha value is -2.50. The van der Waals surface area contributed by atoms with E-state index in [1.54, 1.807) is 6.07 Å². The number of nitrogens with zero attached hydrogens (tertiary/aromatic N) is 2. The number of furan rings is 1. The molecule has 0 radical (unpaired) electrons. The summed E-state index contributed by atoms with van der Waals surface area (Å²) in [4.78, 5) is 13.8. The molecule has 0 aliphatic rings. The lowest BCUT2D eigenvalue weighted by Gasteiger charge is -2.18. The minimum absolute atomic E-state index is 0.0212. The fourth-order valence-electron chi connectivity index (χ4n) is 1.98. The normalized spacial score (nSPS) is 11.8. The molecule has 0 bridgehead atoms. The van der Waals surface area contributed by atoms with Crippen LogP contribution in [0.15, 0.2) is 33.8 Å². The highest BCUT2D eigenvalue weighted by molar-refractivity contribution is 5.98. The molecule has 0 spiro atoms. The third-order valence-electron chi connectivity index (χ3n) is 3.03. The predicted octanol–water partition coefficient (Wildman–Crippen LogP) is 1.95. The van der Waals surface area contributed by atoms with E-state index in [0.717, 1.165) is 10.9 Å². The lowest BCUT2D eigenvalue weighted by atomic mass is 10.2. The van der Waals surface area contributed by atoms with Gasteiger partial charge >= 0.3 is 0 Å². The first-order valence-corrected chi connectivity index (χ1v) is 6.31. The van der Waals surface area contributed by atoms with Crippen LogP contribution in [-0.4, -0.2) is 34.9 Å². The van der Waals surface area contributed by atoms with Crippen LogP contribution >= 0.6 is 0 Å². The number of carbonyl (C=O) groups excluding carboxylic acids is 1. The van der Waals surface area contributed by atoms with Gasteiger partial charge in [0.25, 0.3) is 5.91 Å². The lowest BCUT2D eigenvalue weighted by molar-refractivity contribution is 0.0757. The summed E-state index contributed by atoms with van der Waals surface area (Å²) in [6.07, 6.45) is 0. The monoisotopic (exact) mass is 275 g/mol. The SMILES string of the molecule is CCN(CC(N)=NO)C(=O)c1cc2cc(C)ccc2o1. The number of carbonyl (C=O) groups is 1. The van der Waals surface area contributed by atoms with Crippen molar-refractivity contribution in [1.82, 2.24) is 4.90 Å². The molecule has 0 aliphatic heterocycles. The molecule has 0 saturated carbocycles. The zero-order valence-corrected chi connectivity index (χ0v) is 11.5. The Labute approximate surface area is 116 Å². The van der Waals surface area contributed by atoms with E-state index in [1.807, 2.05) is 32.0 Å². The molecule has 3 N–H and O–H groups in total. The number of oxime groups is 1. The summed E-state index contributed by atoms with van der Waals surface area (Å²) in [5, 5.41) is 12.3. The van der Waals surface area contributed by atoms with E-state index in [1.165, 1.54) is 4.90 Å². The molecule has 2 rings (SSSR count). The second kappa shape index (κ2) is 5.64. The van der Waals surface area contributed by atoms with Crippen LogP contribution in [0.2, 0.25) is 0 Å². The Morgan fingerprint density at radius 1 is 1.45 bits per heavy atom. The molecule has 0 aliphatic carbocycles. The molecule has 20 heavy (non-hydrogen) atoms. The fourth-order valence-corrected chi connectivity index (χ4v) is 1.98. The number of fused-ring (bicyclic) bond motifs is 1. The maximum atomic E-state index is 12.3.